The molecule has 0 radical (unpaired) electrons. The van der Waals surface area contributed by atoms with Crippen LogP contribution in [0.3, 0.4) is 0 Å². The standard InChI is InChI=1S/C14H16N4O2/c19-13-12(11-10(6-16-13)5-15-9-17-11)18-7-14(8-18)1-3-20-4-2-14/h5-6,9H,1-4,7-8H2,(H,16,19). The van der Waals surface area contributed by atoms with Gasteiger partial charge in [0.2, 0.25) is 0 Å². The highest BCUT2D eigenvalue weighted by molar-refractivity contribution is 5.89. The highest BCUT2D eigenvalue weighted by Crippen LogP contribution is 2.42. The number of anilines is 1. The Kier molecular flexibility index (Phi) is 2.53. The van der Waals surface area contributed by atoms with Gasteiger partial charge in [-0.3, -0.25) is 4.79 Å². The lowest BCUT2D eigenvalue weighted by Crippen LogP contribution is -2.59. The second-order valence-corrected chi connectivity index (χ2v) is 5.76. The summed E-state index contributed by atoms with van der Waals surface area (Å²) in [5.74, 6) is 0. The number of hydrogen-bond donors (Lipinski definition) is 1. The first kappa shape index (κ1) is 11.8. The molecule has 4 heterocycles. The summed E-state index contributed by atoms with van der Waals surface area (Å²) >= 11 is 0. The molecule has 2 aliphatic heterocycles. The summed E-state index contributed by atoms with van der Waals surface area (Å²) in [5, 5.41) is 0.870. The van der Waals surface area contributed by atoms with Crippen molar-refractivity contribution < 1.29 is 4.74 Å². The Morgan fingerprint density at radius 1 is 1.30 bits per heavy atom. The van der Waals surface area contributed by atoms with Gasteiger partial charge in [-0.1, -0.05) is 0 Å². The molecule has 0 bridgehead atoms. The number of hydrogen-bond acceptors (Lipinski definition) is 5. The van der Waals surface area contributed by atoms with Crippen molar-refractivity contribution in [3.63, 3.8) is 0 Å². The number of pyridine rings is 1. The van der Waals surface area contributed by atoms with E-state index in [9.17, 15) is 4.79 Å². The van der Waals surface area contributed by atoms with Crippen molar-refractivity contribution in [1.29, 1.82) is 0 Å². The number of H-pyrrole nitrogens is 1. The van der Waals surface area contributed by atoms with Gasteiger partial charge >= 0.3 is 0 Å². The van der Waals surface area contributed by atoms with E-state index < -0.39 is 0 Å². The summed E-state index contributed by atoms with van der Waals surface area (Å²) in [7, 11) is 0. The number of ether oxygens (including phenoxy) is 1. The van der Waals surface area contributed by atoms with E-state index in [1.54, 1.807) is 12.4 Å². The summed E-state index contributed by atoms with van der Waals surface area (Å²) in [6.07, 6.45) is 7.06. The van der Waals surface area contributed by atoms with Crippen molar-refractivity contribution in [3.05, 3.63) is 29.1 Å². The molecule has 0 aliphatic carbocycles. The van der Waals surface area contributed by atoms with Crippen LogP contribution in [0.4, 0.5) is 5.69 Å². The van der Waals surface area contributed by atoms with Gasteiger partial charge in [0.25, 0.3) is 5.56 Å². The van der Waals surface area contributed by atoms with Crippen LogP contribution >= 0.6 is 0 Å². The van der Waals surface area contributed by atoms with E-state index in [4.69, 9.17) is 4.74 Å². The molecule has 2 saturated heterocycles. The van der Waals surface area contributed by atoms with Gasteiger partial charge in [0.15, 0.2) is 0 Å². The minimum absolute atomic E-state index is 0.0712. The van der Waals surface area contributed by atoms with Crippen LogP contribution < -0.4 is 10.5 Å². The van der Waals surface area contributed by atoms with Crippen molar-refractivity contribution in [3.8, 4) is 0 Å². The predicted molar refractivity (Wildman–Crippen MR) is 74.9 cm³/mol. The third kappa shape index (κ3) is 1.71. The summed E-state index contributed by atoms with van der Waals surface area (Å²) in [6, 6.07) is 0. The van der Waals surface area contributed by atoms with Gasteiger partial charge in [-0.15, -0.1) is 0 Å². The Bertz CT molecular complexity index is 698. The maximum absolute atomic E-state index is 12.2. The van der Waals surface area contributed by atoms with Crippen LogP contribution in [0.15, 0.2) is 23.5 Å². The van der Waals surface area contributed by atoms with Crippen molar-refractivity contribution in [1.82, 2.24) is 15.0 Å². The molecule has 2 aliphatic rings. The molecule has 0 amide bonds. The lowest BCUT2D eigenvalue weighted by atomic mass is 9.73. The lowest BCUT2D eigenvalue weighted by Gasteiger charge is -2.53. The quantitative estimate of drug-likeness (QED) is 0.836. The Balaban J connectivity index is 1.70. The molecule has 6 heteroatoms. The van der Waals surface area contributed by atoms with Crippen LogP contribution in [0, 0.1) is 5.41 Å². The molecule has 6 nitrogen and oxygen atoms in total. The summed E-state index contributed by atoms with van der Waals surface area (Å²) in [4.78, 5) is 25.4. The third-order valence-electron chi connectivity index (χ3n) is 4.46. The Morgan fingerprint density at radius 3 is 2.90 bits per heavy atom. The molecular formula is C14H16N4O2. The van der Waals surface area contributed by atoms with Crippen molar-refractivity contribution in [2.45, 2.75) is 12.8 Å². The molecule has 104 valence electrons. The van der Waals surface area contributed by atoms with E-state index in [1.807, 2.05) is 0 Å². The molecule has 1 N–H and O–H groups in total. The van der Waals surface area contributed by atoms with Gasteiger partial charge in [-0.2, -0.15) is 0 Å². The van der Waals surface area contributed by atoms with Gasteiger partial charge in [0.1, 0.15) is 17.5 Å². The minimum atomic E-state index is -0.0712. The van der Waals surface area contributed by atoms with Gasteiger partial charge in [0, 0.05) is 49.5 Å². The summed E-state index contributed by atoms with van der Waals surface area (Å²) in [5.41, 5.74) is 1.69. The number of fused-ring (bicyclic) bond motifs is 1. The van der Waals surface area contributed by atoms with Gasteiger partial charge in [-0.05, 0) is 12.8 Å². The van der Waals surface area contributed by atoms with Crippen LogP contribution in [0.25, 0.3) is 10.9 Å². The van der Waals surface area contributed by atoms with E-state index in [0.717, 1.165) is 50.0 Å². The number of aromatic nitrogens is 3. The number of rotatable bonds is 1. The largest absolute Gasteiger partial charge is 0.381 e. The third-order valence-corrected chi connectivity index (χ3v) is 4.46. The van der Waals surface area contributed by atoms with Crippen molar-refractivity contribution in [2.75, 3.05) is 31.2 Å². The molecule has 0 aromatic carbocycles. The van der Waals surface area contributed by atoms with Crippen LogP contribution in [-0.2, 0) is 4.74 Å². The second-order valence-electron chi connectivity index (χ2n) is 5.76. The van der Waals surface area contributed by atoms with E-state index in [1.165, 1.54) is 6.33 Å². The smallest absolute Gasteiger partial charge is 0.273 e. The van der Waals surface area contributed by atoms with E-state index >= 15 is 0 Å². The average molecular weight is 272 g/mol. The van der Waals surface area contributed by atoms with Crippen molar-refractivity contribution in [2.24, 2.45) is 5.41 Å². The number of nitrogens with zero attached hydrogens (tertiary/aromatic N) is 3. The molecule has 2 fully saturated rings. The van der Waals surface area contributed by atoms with Crippen LogP contribution in [0.2, 0.25) is 0 Å². The van der Waals surface area contributed by atoms with Crippen LogP contribution in [0.5, 0.6) is 0 Å². The maximum Gasteiger partial charge on any atom is 0.273 e. The van der Waals surface area contributed by atoms with E-state index in [0.29, 0.717) is 11.1 Å². The number of aromatic amines is 1. The normalized spacial score (nSPS) is 21.1. The molecule has 1 spiro atoms. The fourth-order valence-corrected chi connectivity index (χ4v) is 3.30. The Morgan fingerprint density at radius 2 is 2.10 bits per heavy atom. The highest BCUT2D eigenvalue weighted by Gasteiger charge is 2.45. The first-order valence-electron chi connectivity index (χ1n) is 6.92. The van der Waals surface area contributed by atoms with Crippen molar-refractivity contribution >= 4 is 16.6 Å². The first-order valence-corrected chi connectivity index (χ1v) is 6.92. The fraction of sp³-hybridized carbons (Fsp3) is 0.500. The van der Waals surface area contributed by atoms with Crippen LogP contribution in [-0.4, -0.2) is 41.3 Å². The molecule has 4 rings (SSSR count). The van der Waals surface area contributed by atoms with Gasteiger partial charge < -0.3 is 14.6 Å². The molecule has 0 atom stereocenters. The lowest BCUT2D eigenvalue weighted by molar-refractivity contribution is -0.000188. The zero-order chi connectivity index (χ0) is 13.6. The second kappa shape index (κ2) is 4.28. The van der Waals surface area contributed by atoms with Crippen LogP contribution in [0.1, 0.15) is 12.8 Å². The molecule has 20 heavy (non-hydrogen) atoms. The molecule has 2 aromatic heterocycles. The highest BCUT2D eigenvalue weighted by atomic mass is 16.5. The monoisotopic (exact) mass is 272 g/mol. The molecule has 0 unspecified atom stereocenters. The Hall–Kier alpha value is -1.95. The maximum atomic E-state index is 12.2. The molecule has 0 saturated carbocycles. The summed E-state index contributed by atoms with van der Waals surface area (Å²) in [6.45, 7) is 3.51. The minimum Gasteiger partial charge on any atom is -0.381 e. The predicted octanol–water partition coefficient (Wildman–Crippen LogP) is 0.935. The van der Waals surface area contributed by atoms with E-state index in [2.05, 4.69) is 19.9 Å². The SMILES string of the molecule is O=c1[nH]cc2cncnc2c1N1CC2(CCOCC2)C1. The van der Waals surface area contributed by atoms with Gasteiger partial charge in [-0.25, -0.2) is 9.97 Å². The topological polar surface area (TPSA) is 71.1 Å². The zero-order valence-corrected chi connectivity index (χ0v) is 11.1. The molecular weight excluding hydrogens is 256 g/mol. The molecule has 2 aromatic rings. The van der Waals surface area contributed by atoms with Gasteiger partial charge in [0.05, 0.1) is 0 Å². The fourth-order valence-electron chi connectivity index (χ4n) is 3.30. The summed E-state index contributed by atoms with van der Waals surface area (Å²) < 4.78 is 5.43. The average Bonchev–Trinajstić information content (AvgIpc) is 2.46. The first-order chi connectivity index (χ1) is 9.77. The zero-order valence-electron chi connectivity index (χ0n) is 11.1. The number of nitrogens with one attached hydrogen (secondary N) is 1. The Labute approximate surface area is 115 Å². The van der Waals surface area contributed by atoms with E-state index in [-0.39, 0.29) is 5.56 Å².